The number of carbonyl (C=O) groups is 2. The van der Waals surface area contributed by atoms with Gasteiger partial charge in [0.2, 0.25) is 10.0 Å². The van der Waals surface area contributed by atoms with E-state index in [1.807, 2.05) is 19.1 Å². The van der Waals surface area contributed by atoms with E-state index < -0.39 is 35.1 Å². The molecule has 0 radical (unpaired) electrons. The zero-order chi connectivity index (χ0) is 23.8. The molecule has 8 nitrogen and oxygen atoms in total. The van der Waals surface area contributed by atoms with E-state index in [0.29, 0.717) is 16.8 Å². The Balaban J connectivity index is 1.42. The third kappa shape index (κ3) is 7.90. The van der Waals surface area contributed by atoms with E-state index in [-0.39, 0.29) is 10.9 Å². The number of nitrogens with zero attached hydrogens (tertiary/aromatic N) is 1. The van der Waals surface area contributed by atoms with Gasteiger partial charge in [-0.25, -0.2) is 22.5 Å². The van der Waals surface area contributed by atoms with E-state index in [9.17, 15) is 22.4 Å². The Morgan fingerprint density at radius 3 is 2.52 bits per heavy atom. The van der Waals surface area contributed by atoms with Crippen LogP contribution in [0.25, 0.3) is 17.3 Å². The minimum absolute atomic E-state index is 0.275. The van der Waals surface area contributed by atoms with Crippen LogP contribution in [0, 0.1) is 12.7 Å². The van der Waals surface area contributed by atoms with E-state index in [1.165, 1.54) is 18.2 Å². The molecule has 0 aliphatic rings. The second-order valence-corrected chi connectivity index (χ2v) is 9.34. The molecule has 0 unspecified atom stereocenters. The SMILES string of the molecule is Cc1ccc(/C=C/S(=O)(=O)NCC(=O)OCC(=O)Nc2nc(-c3ccc(F)cc3)cs2)cc1. The number of aromatic nitrogens is 1. The highest BCUT2D eigenvalue weighted by atomic mass is 32.2. The number of carbonyl (C=O) groups excluding carboxylic acids is 2. The van der Waals surface area contributed by atoms with Crippen LogP contribution in [0.2, 0.25) is 0 Å². The molecule has 0 aliphatic heterocycles. The number of rotatable bonds is 9. The minimum atomic E-state index is -3.86. The van der Waals surface area contributed by atoms with Crippen molar-refractivity contribution in [3.05, 3.63) is 76.3 Å². The summed E-state index contributed by atoms with van der Waals surface area (Å²) >= 11 is 1.15. The summed E-state index contributed by atoms with van der Waals surface area (Å²) in [6.45, 7) is 0.685. The van der Waals surface area contributed by atoms with Gasteiger partial charge in [-0.2, -0.15) is 0 Å². The number of nitrogens with one attached hydrogen (secondary N) is 2. The van der Waals surface area contributed by atoms with E-state index in [1.54, 1.807) is 29.6 Å². The fourth-order valence-electron chi connectivity index (χ4n) is 2.49. The summed E-state index contributed by atoms with van der Waals surface area (Å²) in [6.07, 6.45) is 1.40. The van der Waals surface area contributed by atoms with Crippen molar-refractivity contribution < 1.29 is 27.1 Å². The van der Waals surface area contributed by atoms with Crippen LogP contribution < -0.4 is 10.0 Å². The van der Waals surface area contributed by atoms with Crippen molar-refractivity contribution in [2.75, 3.05) is 18.5 Å². The second-order valence-electron chi connectivity index (χ2n) is 6.83. The molecule has 0 spiro atoms. The summed E-state index contributed by atoms with van der Waals surface area (Å²) in [7, 11) is -3.86. The molecule has 1 heterocycles. The van der Waals surface area contributed by atoms with Crippen LogP contribution in [0.4, 0.5) is 9.52 Å². The van der Waals surface area contributed by atoms with Crippen molar-refractivity contribution in [3.63, 3.8) is 0 Å². The lowest BCUT2D eigenvalue weighted by Crippen LogP contribution is -2.31. The summed E-state index contributed by atoms with van der Waals surface area (Å²) in [5.74, 6) is -1.91. The normalized spacial score (nSPS) is 11.5. The molecule has 0 bridgehead atoms. The lowest BCUT2D eigenvalue weighted by atomic mass is 10.2. The third-order valence-corrected chi connectivity index (χ3v) is 5.99. The predicted molar refractivity (Wildman–Crippen MR) is 124 cm³/mol. The van der Waals surface area contributed by atoms with Crippen LogP contribution in [-0.4, -0.2) is 38.4 Å². The number of halogens is 1. The van der Waals surface area contributed by atoms with Gasteiger partial charge >= 0.3 is 5.97 Å². The highest BCUT2D eigenvalue weighted by Crippen LogP contribution is 2.24. The van der Waals surface area contributed by atoms with Crippen LogP contribution >= 0.6 is 11.3 Å². The molecule has 11 heteroatoms. The van der Waals surface area contributed by atoms with E-state index >= 15 is 0 Å². The minimum Gasteiger partial charge on any atom is -0.455 e. The molecule has 3 rings (SSSR count). The fraction of sp³-hybridized carbons (Fsp3) is 0.136. The molecule has 1 amide bonds. The zero-order valence-corrected chi connectivity index (χ0v) is 19.1. The number of hydrogen-bond donors (Lipinski definition) is 2. The number of esters is 1. The van der Waals surface area contributed by atoms with Gasteiger partial charge in [0.15, 0.2) is 11.7 Å². The number of hydrogen-bond acceptors (Lipinski definition) is 7. The summed E-state index contributed by atoms with van der Waals surface area (Å²) in [4.78, 5) is 28.0. The summed E-state index contributed by atoms with van der Waals surface area (Å²) < 4.78 is 43.8. The van der Waals surface area contributed by atoms with Gasteiger partial charge in [0.25, 0.3) is 5.91 Å². The summed E-state index contributed by atoms with van der Waals surface area (Å²) in [5, 5.41) is 5.39. The zero-order valence-electron chi connectivity index (χ0n) is 17.4. The van der Waals surface area contributed by atoms with Crippen LogP contribution in [0.5, 0.6) is 0 Å². The number of ether oxygens (including phenoxy) is 1. The number of anilines is 1. The van der Waals surface area contributed by atoms with Crippen molar-refractivity contribution in [1.82, 2.24) is 9.71 Å². The first kappa shape index (κ1) is 24.2. The number of amides is 1. The number of benzene rings is 2. The Labute approximate surface area is 194 Å². The number of thiazole rings is 1. The average molecular weight is 490 g/mol. The van der Waals surface area contributed by atoms with Gasteiger partial charge in [0.05, 0.1) is 5.69 Å². The first-order valence-corrected chi connectivity index (χ1v) is 12.0. The highest BCUT2D eigenvalue weighted by molar-refractivity contribution is 7.92. The molecule has 33 heavy (non-hydrogen) atoms. The lowest BCUT2D eigenvalue weighted by Gasteiger charge is -2.05. The monoisotopic (exact) mass is 489 g/mol. The molecule has 2 aromatic carbocycles. The van der Waals surface area contributed by atoms with Crippen LogP contribution in [0.15, 0.2) is 59.3 Å². The molecule has 2 N–H and O–H groups in total. The largest absolute Gasteiger partial charge is 0.455 e. The third-order valence-electron chi connectivity index (χ3n) is 4.19. The molecule has 3 aromatic rings. The molecule has 172 valence electrons. The number of sulfonamides is 1. The Hall–Kier alpha value is -3.41. The number of aryl methyl sites for hydroxylation is 1. The molecule has 0 saturated heterocycles. The molecule has 0 atom stereocenters. The maximum absolute atomic E-state index is 13.0. The maximum Gasteiger partial charge on any atom is 0.321 e. The fourth-order valence-corrected chi connectivity index (χ4v) is 3.98. The molecular formula is C22H20FN3O5S2. The van der Waals surface area contributed by atoms with Gasteiger partial charge in [-0.15, -0.1) is 11.3 Å². The standard InChI is InChI=1S/C22H20FN3O5S2/c1-15-2-4-16(5-3-15)10-11-33(29,30)24-12-21(28)31-13-20(27)26-22-25-19(14-32-22)17-6-8-18(23)9-7-17/h2-11,14,24H,12-13H2,1H3,(H,25,26,27)/b11-10+. The van der Waals surface area contributed by atoms with Gasteiger partial charge in [-0.05, 0) is 42.8 Å². The van der Waals surface area contributed by atoms with Gasteiger partial charge < -0.3 is 4.74 Å². The van der Waals surface area contributed by atoms with Gasteiger partial charge in [-0.1, -0.05) is 29.8 Å². The highest BCUT2D eigenvalue weighted by Gasteiger charge is 2.13. The predicted octanol–water partition coefficient (Wildman–Crippen LogP) is 3.33. The molecule has 0 aliphatic carbocycles. The van der Waals surface area contributed by atoms with Crippen molar-refractivity contribution >= 4 is 44.4 Å². The Kier molecular flexibility index (Phi) is 8.04. The average Bonchev–Trinajstić information content (AvgIpc) is 3.25. The summed E-state index contributed by atoms with van der Waals surface area (Å²) in [5.41, 5.74) is 2.97. The first-order valence-electron chi connectivity index (χ1n) is 9.61. The summed E-state index contributed by atoms with van der Waals surface area (Å²) in [6, 6.07) is 13.0. The maximum atomic E-state index is 13.0. The van der Waals surface area contributed by atoms with Crippen LogP contribution in [-0.2, 0) is 24.3 Å². The van der Waals surface area contributed by atoms with E-state index in [0.717, 1.165) is 22.3 Å². The van der Waals surface area contributed by atoms with Crippen LogP contribution in [0.1, 0.15) is 11.1 Å². The Bertz CT molecular complexity index is 1250. The van der Waals surface area contributed by atoms with E-state index in [2.05, 4.69) is 15.0 Å². The first-order chi connectivity index (χ1) is 15.7. The molecular weight excluding hydrogens is 469 g/mol. The van der Waals surface area contributed by atoms with Crippen LogP contribution in [0.3, 0.4) is 0 Å². The van der Waals surface area contributed by atoms with Crippen molar-refractivity contribution in [2.45, 2.75) is 6.92 Å². The Morgan fingerprint density at radius 1 is 1.12 bits per heavy atom. The van der Waals surface area contributed by atoms with Crippen molar-refractivity contribution in [3.8, 4) is 11.3 Å². The quantitative estimate of drug-likeness (QED) is 0.446. The molecule has 1 aromatic heterocycles. The van der Waals surface area contributed by atoms with Gasteiger partial charge in [-0.3, -0.25) is 14.9 Å². The van der Waals surface area contributed by atoms with Crippen molar-refractivity contribution in [1.29, 1.82) is 0 Å². The molecule has 0 saturated carbocycles. The van der Waals surface area contributed by atoms with Gasteiger partial charge in [0.1, 0.15) is 12.4 Å². The smallest absolute Gasteiger partial charge is 0.321 e. The topological polar surface area (TPSA) is 114 Å². The second kappa shape index (κ2) is 10.9. The molecule has 0 fully saturated rings. The lowest BCUT2D eigenvalue weighted by molar-refractivity contribution is -0.146. The van der Waals surface area contributed by atoms with Gasteiger partial charge in [0, 0.05) is 16.4 Å². The van der Waals surface area contributed by atoms with Crippen molar-refractivity contribution in [2.24, 2.45) is 0 Å². The van der Waals surface area contributed by atoms with E-state index in [4.69, 9.17) is 4.74 Å². The Morgan fingerprint density at radius 2 is 1.82 bits per heavy atom.